The zero-order valence-electron chi connectivity index (χ0n) is 11.2. The normalized spacial score (nSPS) is 11.6. The van der Waals surface area contributed by atoms with Gasteiger partial charge in [-0.1, -0.05) is 27.0 Å². The van der Waals surface area contributed by atoms with Crippen molar-refractivity contribution in [2.24, 2.45) is 5.41 Å². The second-order valence-corrected chi connectivity index (χ2v) is 3.98. The fraction of sp³-hybridized carbons (Fsp3) is 0.538. The van der Waals surface area contributed by atoms with E-state index in [1.54, 1.807) is 13.8 Å². The zero-order chi connectivity index (χ0) is 15.1. The SMILES string of the molecule is C=CC(=O)OC(O)(OC(=O)C=C)C(CC)(CC)CO. The highest BCUT2D eigenvalue weighted by Gasteiger charge is 2.55. The topological polar surface area (TPSA) is 93.1 Å². The molecule has 0 bridgehead atoms. The Kier molecular flexibility index (Phi) is 6.44. The van der Waals surface area contributed by atoms with Crippen molar-refractivity contribution in [2.75, 3.05) is 6.61 Å². The van der Waals surface area contributed by atoms with Gasteiger partial charge in [-0.05, 0) is 12.8 Å². The molecule has 108 valence electrons. The maximum Gasteiger partial charge on any atom is 0.381 e. The number of aliphatic hydroxyl groups is 2. The summed E-state index contributed by atoms with van der Waals surface area (Å²) < 4.78 is 9.49. The molecule has 2 N–H and O–H groups in total. The van der Waals surface area contributed by atoms with Crippen LogP contribution >= 0.6 is 0 Å². The second-order valence-electron chi connectivity index (χ2n) is 3.98. The molecule has 0 amide bonds. The fourth-order valence-corrected chi connectivity index (χ4v) is 1.61. The van der Waals surface area contributed by atoms with Gasteiger partial charge in [0.05, 0.1) is 12.0 Å². The van der Waals surface area contributed by atoms with Gasteiger partial charge < -0.3 is 19.7 Å². The maximum atomic E-state index is 11.3. The molecule has 19 heavy (non-hydrogen) atoms. The molecule has 0 atom stereocenters. The third kappa shape index (κ3) is 3.65. The van der Waals surface area contributed by atoms with E-state index in [1.165, 1.54) is 0 Å². The van der Waals surface area contributed by atoms with Crippen LogP contribution < -0.4 is 0 Å². The lowest BCUT2D eigenvalue weighted by atomic mass is 9.80. The van der Waals surface area contributed by atoms with Gasteiger partial charge in [0, 0.05) is 12.2 Å². The molecule has 0 heterocycles. The van der Waals surface area contributed by atoms with Gasteiger partial charge in [-0.3, -0.25) is 0 Å². The van der Waals surface area contributed by atoms with E-state index in [9.17, 15) is 19.8 Å². The Labute approximate surface area is 112 Å². The summed E-state index contributed by atoms with van der Waals surface area (Å²) in [6.45, 7) is 9.18. The highest BCUT2D eigenvalue weighted by molar-refractivity contribution is 5.83. The van der Waals surface area contributed by atoms with Crippen LogP contribution in [0.1, 0.15) is 26.7 Å². The minimum atomic E-state index is -2.58. The van der Waals surface area contributed by atoms with E-state index in [0.29, 0.717) is 0 Å². The lowest BCUT2D eigenvalue weighted by Crippen LogP contribution is -2.55. The standard InChI is InChI=1S/C13H20O6/c1-5-10(15)18-13(17,19-11(16)6-2)12(7-3,8-4)9-14/h5-6,14,17H,1-2,7-9H2,3-4H3. The molecule has 0 rings (SSSR count). The largest absolute Gasteiger partial charge is 0.395 e. The molecule has 0 saturated carbocycles. The first-order valence-electron chi connectivity index (χ1n) is 5.88. The summed E-state index contributed by atoms with van der Waals surface area (Å²) in [6, 6.07) is 0. The smallest absolute Gasteiger partial charge is 0.381 e. The van der Waals surface area contributed by atoms with Crippen LogP contribution in [0.3, 0.4) is 0 Å². The predicted molar refractivity (Wildman–Crippen MR) is 67.6 cm³/mol. The number of hydrogen-bond donors (Lipinski definition) is 2. The van der Waals surface area contributed by atoms with E-state index in [-0.39, 0.29) is 12.8 Å². The van der Waals surface area contributed by atoms with Crippen molar-refractivity contribution >= 4 is 11.9 Å². The molecule has 0 aromatic carbocycles. The number of esters is 2. The van der Waals surface area contributed by atoms with Gasteiger partial charge in [0.15, 0.2) is 0 Å². The lowest BCUT2D eigenvalue weighted by molar-refractivity contribution is -0.381. The number of aliphatic hydroxyl groups excluding tert-OH is 1. The Bertz CT molecular complexity index is 326. The van der Waals surface area contributed by atoms with Gasteiger partial charge in [-0.2, -0.15) is 0 Å². The molecule has 0 fully saturated rings. The summed E-state index contributed by atoms with van der Waals surface area (Å²) in [7, 11) is 0. The van der Waals surface area contributed by atoms with Gasteiger partial charge in [-0.15, -0.1) is 0 Å². The van der Waals surface area contributed by atoms with Crippen molar-refractivity contribution in [1.82, 2.24) is 0 Å². The van der Waals surface area contributed by atoms with Crippen molar-refractivity contribution in [2.45, 2.75) is 32.7 Å². The fourth-order valence-electron chi connectivity index (χ4n) is 1.61. The highest BCUT2D eigenvalue weighted by atomic mass is 16.8. The van der Waals surface area contributed by atoms with E-state index >= 15 is 0 Å². The van der Waals surface area contributed by atoms with Gasteiger partial charge in [-0.25, -0.2) is 9.59 Å². The van der Waals surface area contributed by atoms with Crippen LogP contribution in [0.2, 0.25) is 0 Å². The van der Waals surface area contributed by atoms with Gasteiger partial charge >= 0.3 is 17.9 Å². The number of rotatable bonds is 8. The summed E-state index contributed by atoms with van der Waals surface area (Å²) in [5, 5.41) is 19.9. The Morgan fingerprint density at radius 3 is 1.68 bits per heavy atom. The zero-order valence-corrected chi connectivity index (χ0v) is 11.2. The van der Waals surface area contributed by atoms with E-state index < -0.39 is 29.9 Å². The monoisotopic (exact) mass is 272 g/mol. The van der Waals surface area contributed by atoms with Crippen LogP contribution in [0.4, 0.5) is 0 Å². The molecule has 0 aromatic heterocycles. The molecular formula is C13H20O6. The molecule has 0 saturated heterocycles. The molecule has 0 radical (unpaired) electrons. The van der Waals surface area contributed by atoms with Crippen molar-refractivity contribution in [3.63, 3.8) is 0 Å². The Morgan fingerprint density at radius 1 is 1.11 bits per heavy atom. The average Bonchev–Trinajstić information content (AvgIpc) is 2.40. The molecule has 0 aliphatic carbocycles. The van der Waals surface area contributed by atoms with E-state index in [4.69, 9.17) is 9.47 Å². The molecule has 0 unspecified atom stereocenters. The maximum absolute atomic E-state index is 11.3. The Balaban J connectivity index is 5.56. The number of hydrogen-bond acceptors (Lipinski definition) is 6. The molecule has 0 spiro atoms. The summed E-state index contributed by atoms with van der Waals surface area (Å²) in [5.41, 5.74) is -1.33. The van der Waals surface area contributed by atoms with E-state index in [2.05, 4.69) is 13.2 Å². The summed E-state index contributed by atoms with van der Waals surface area (Å²) in [6.07, 6.45) is 2.07. The Morgan fingerprint density at radius 2 is 1.47 bits per heavy atom. The Hall–Kier alpha value is -1.66. The van der Waals surface area contributed by atoms with Crippen LogP contribution in [0.25, 0.3) is 0 Å². The third-order valence-electron chi connectivity index (χ3n) is 3.14. The van der Waals surface area contributed by atoms with Crippen LogP contribution in [-0.4, -0.2) is 34.7 Å². The second kappa shape index (κ2) is 7.06. The van der Waals surface area contributed by atoms with Crippen LogP contribution in [-0.2, 0) is 19.1 Å². The molecule has 0 aromatic rings. The van der Waals surface area contributed by atoms with Gasteiger partial charge in [0.2, 0.25) is 0 Å². The van der Waals surface area contributed by atoms with Crippen LogP contribution in [0, 0.1) is 5.41 Å². The van der Waals surface area contributed by atoms with Crippen molar-refractivity contribution in [1.29, 1.82) is 0 Å². The molecule has 0 aliphatic rings. The molecular weight excluding hydrogens is 252 g/mol. The van der Waals surface area contributed by atoms with Gasteiger partial charge in [0.1, 0.15) is 0 Å². The minimum Gasteiger partial charge on any atom is -0.395 e. The van der Waals surface area contributed by atoms with E-state index in [0.717, 1.165) is 12.2 Å². The number of ether oxygens (including phenoxy) is 2. The van der Waals surface area contributed by atoms with Crippen LogP contribution in [0.15, 0.2) is 25.3 Å². The lowest BCUT2D eigenvalue weighted by Gasteiger charge is -2.41. The number of carbonyl (C=O) groups is 2. The number of carbonyl (C=O) groups excluding carboxylic acids is 2. The first-order valence-corrected chi connectivity index (χ1v) is 5.88. The molecule has 6 nitrogen and oxygen atoms in total. The van der Waals surface area contributed by atoms with Crippen molar-refractivity contribution < 1.29 is 29.3 Å². The van der Waals surface area contributed by atoms with E-state index in [1.807, 2.05) is 0 Å². The van der Waals surface area contributed by atoms with Crippen molar-refractivity contribution in [3.05, 3.63) is 25.3 Å². The summed E-state index contributed by atoms with van der Waals surface area (Å²) in [5.74, 6) is -4.53. The molecule has 6 heteroatoms. The van der Waals surface area contributed by atoms with Crippen LogP contribution in [0.5, 0.6) is 0 Å². The predicted octanol–water partition coefficient (Wildman–Crippen LogP) is 0.890. The molecule has 0 aliphatic heterocycles. The first-order chi connectivity index (χ1) is 8.84. The quantitative estimate of drug-likeness (QED) is 0.387. The highest BCUT2D eigenvalue weighted by Crippen LogP contribution is 2.40. The van der Waals surface area contributed by atoms with Crippen molar-refractivity contribution in [3.8, 4) is 0 Å². The summed E-state index contributed by atoms with van der Waals surface area (Å²) in [4.78, 5) is 22.6. The minimum absolute atomic E-state index is 0.214. The van der Waals surface area contributed by atoms with Gasteiger partial charge in [0.25, 0.3) is 0 Å². The first kappa shape index (κ1) is 17.3. The third-order valence-corrected chi connectivity index (χ3v) is 3.14. The average molecular weight is 272 g/mol. The summed E-state index contributed by atoms with van der Waals surface area (Å²) >= 11 is 0.